The smallest absolute Gasteiger partial charge is 0.215 e. The minimum atomic E-state index is -2.14. The minimum absolute atomic E-state index is 0.104. The number of epoxide rings is 1. The molecule has 2 aliphatic rings. The fourth-order valence-electron chi connectivity index (χ4n) is 5.87. The van der Waals surface area contributed by atoms with E-state index in [1.807, 2.05) is 67.6 Å². The molecular weight excluding hydrogens is 484 g/mol. The normalized spacial score (nSPS) is 28.2. The van der Waals surface area contributed by atoms with E-state index in [-0.39, 0.29) is 12.4 Å². The van der Waals surface area contributed by atoms with E-state index in [9.17, 15) is 4.79 Å². The number of hydrogen-bond acceptors (Lipinski definition) is 6. The van der Waals surface area contributed by atoms with Crippen LogP contribution in [0.4, 0.5) is 0 Å². The molecule has 0 unspecified atom stereocenters. The third-order valence-corrected chi connectivity index (χ3v) is 13.1. The summed E-state index contributed by atoms with van der Waals surface area (Å²) in [6, 6.07) is 22.9. The highest BCUT2D eigenvalue weighted by Gasteiger charge is 2.86. The quantitative estimate of drug-likeness (QED) is 0.234. The molecule has 4 atom stereocenters. The Bertz CT molecular complexity index is 1020. The lowest BCUT2D eigenvalue weighted by atomic mass is 9.76. The molecule has 202 valence electrons. The van der Waals surface area contributed by atoms with Crippen molar-refractivity contribution in [1.82, 2.24) is 0 Å². The van der Waals surface area contributed by atoms with E-state index in [0.717, 1.165) is 29.3 Å². The molecule has 0 radical (unpaired) electrons. The molecule has 37 heavy (non-hydrogen) atoms. The number of benzene rings is 2. The van der Waals surface area contributed by atoms with Crippen LogP contribution in [0.2, 0.25) is 18.1 Å². The summed E-state index contributed by atoms with van der Waals surface area (Å²) in [5, 5.41) is 0. The molecule has 0 aromatic heterocycles. The highest BCUT2D eigenvalue weighted by atomic mass is 28.4. The molecular formula is C30H42O6Si. The molecule has 0 aliphatic carbocycles. The largest absolute Gasteiger partial charge is 0.387 e. The van der Waals surface area contributed by atoms with Gasteiger partial charge in [-0.25, -0.2) is 0 Å². The Morgan fingerprint density at radius 3 is 2.05 bits per heavy atom. The molecule has 0 bridgehead atoms. The molecule has 6 nitrogen and oxygen atoms in total. The van der Waals surface area contributed by atoms with Gasteiger partial charge in [-0.15, -0.1) is 0 Å². The maximum Gasteiger partial charge on any atom is 0.215 e. The monoisotopic (exact) mass is 526 g/mol. The molecule has 2 aromatic rings. The second kappa shape index (κ2) is 11.5. The van der Waals surface area contributed by atoms with Crippen LogP contribution in [0.3, 0.4) is 0 Å². The number of Topliss-reactive ketones (excluding diaryl/α,β-unsaturated/α-hetero) is 1. The van der Waals surface area contributed by atoms with Crippen LogP contribution in [0.5, 0.6) is 0 Å². The van der Waals surface area contributed by atoms with Gasteiger partial charge in [0.1, 0.15) is 0 Å². The van der Waals surface area contributed by atoms with Gasteiger partial charge in [0.05, 0.1) is 32.5 Å². The Balaban J connectivity index is 1.74. The zero-order chi connectivity index (χ0) is 26.6. The second-order valence-electron chi connectivity index (χ2n) is 10.3. The fraction of sp³-hybridized carbons (Fsp3) is 0.567. The van der Waals surface area contributed by atoms with E-state index in [4.69, 9.17) is 23.4 Å². The van der Waals surface area contributed by atoms with Gasteiger partial charge < -0.3 is 23.4 Å². The van der Waals surface area contributed by atoms with Crippen molar-refractivity contribution in [3.8, 4) is 0 Å². The molecule has 7 heteroatoms. The van der Waals surface area contributed by atoms with Crippen LogP contribution >= 0.6 is 0 Å². The van der Waals surface area contributed by atoms with E-state index >= 15 is 0 Å². The van der Waals surface area contributed by atoms with Crippen LogP contribution in [0.1, 0.15) is 52.2 Å². The first-order chi connectivity index (χ1) is 17.8. The van der Waals surface area contributed by atoms with E-state index < -0.39 is 31.4 Å². The predicted molar refractivity (Wildman–Crippen MR) is 146 cm³/mol. The van der Waals surface area contributed by atoms with Crippen molar-refractivity contribution in [3.05, 3.63) is 71.8 Å². The third-order valence-electron chi connectivity index (χ3n) is 8.45. The van der Waals surface area contributed by atoms with Crippen LogP contribution in [-0.4, -0.2) is 50.4 Å². The first-order valence-electron chi connectivity index (χ1n) is 13.6. The van der Waals surface area contributed by atoms with Gasteiger partial charge in [0.15, 0.2) is 19.7 Å². The van der Waals surface area contributed by atoms with Crippen molar-refractivity contribution in [2.24, 2.45) is 0 Å². The number of carbonyl (C=O) groups is 1. The Hall–Kier alpha value is -1.87. The highest BCUT2D eigenvalue weighted by Crippen LogP contribution is 2.63. The number of hydrogen-bond donors (Lipinski definition) is 0. The summed E-state index contributed by atoms with van der Waals surface area (Å²) in [5.41, 5.74) is -0.437. The fourth-order valence-corrected chi connectivity index (χ4v) is 8.79. The molecule has 0 spiro atoms. The topological polar surface area (TPSA) is 66.5 Å². The van der Waals surface area contributed by atoms with Crippen LogP contribution < -0.4 is 0 Å². The molecule has 0 N–H and O–H groups in total. The summed E-state index contributed by atoms with van der Waals surface area (Å²) in [4.78, 5) is 13.7. The predicted octanol–water partition coefficient (Wildman–Crippen LogP) is 6.04. The SMILES string of the molecule is CC[Si](CC)(CC)O[C@@]12CCOC[C@@](OCc3ccccc3)([C@@H](C)OCc3ccccc3)[C@]1(C(C)=O)O2. The van der Waals surface area contributed by atoms with E-state index in [1.54, 1.807) is 6.92 Å². The van der Waals surface area contributed by atoms with Crippen molar-refractivity contribution >= 4 is 14.1 Å². The highest BCUT2D eigenvalue weighted by molar-refractivity contribution is 6.73. The molecule has 2 aromatic carbocycles. The molecule has 2 heterocycles. The Morgan fingerprint density at radius 1 is 0.946 bits per heavy atom. The van der Waals surface area contributed by atoms with Gasteiger partial charge in [-0.1, -0.05) is 81.4 Å². The first kappa shape index (κ1) is 28.1. The minimum Gasteiger partial charge on any atom is -0.387 e. The van der Waals surface area contributed by atoms with Gasteiger partial charge in [0.25, 0.3) is 0 Å². The van der Waals surface area contributed by atoms with Crippen molar-refractivity contribution in [3.63, 3.8) is 0 Å². The molecule has 4 rings (SSSR count). The molecule has 0 saturated carbocycles. The van der Waals surface area contributed by atoms with Gasteiger partial charge in [0.2, 0.25) is 11.4 Å². The van der Waals surface area contributed by atoms with Gasteiger partial charge in [0, 0.05) is 6.42 Å². The maximum absolute atomic E-state index is 13.7. The Morgan fingerprint density at radius 2 is 1.51 bits per heavy atom. The summed E-state index contributed by atoms with van der Waals surface area (Å²) < 4.78 is 33.1. The van der Waals surface area contributed by atoms with E-state index in [0.29, 0.717) is 26.2 Å². The summed E-state index contributed by atoms with van der Waals surface area (Å²) in [6.07, 6.45) is -0.0201. The molecule has 2 aliphatic heterocycles. The van der Waals surface area contributed by atoms with Crippen LogP contribution in [0.25, 0.3) is 0 Å². The number of ketones is 1. The van der Waals surface area contributed by atoms with Gasteiger partial charge in [-0.3, -0.25) is 4.79 Å². The van der Waals surface area contributed by atoms with Gasteiger partial charge in [-0.2, -0.15) is 0 Å². The van der Waals surface area contributed by atoms with Crippen molar-refractivity contribution < 1.29 is 28.2 Å². The number of ether oxygens (including phenoxy) is 4. The zero-order valence-corrected chi connectivity index (χ0v) is 24.0. The molecule has 0 amide bonds. The standard InChI is InChI=1S/C30H42O6Si/c1-6-37(7-2,8-3)36-29-19-20-32-23-28(30(29,35-29)24(4)31,34-22-27-17-13-10-14-18-27)25(5)33-21-26-15-11-9-12-16-26/h9-18,25H,6-8,19-23H2,1-5H3/t25-,28-,29+,30+/m1/s1. The first-order valence-corrected chi connectivity index (χ1v) is 16.2. The van der Waals surface area contributed by atoms with Crippen LogP contribution in [-0.2, 0) is 41.4 Å². The maximum atomic E-state index is 13.7. The third kappa shape index (κ3) is 5.10. The van der Waals surface area contributed by atoms with Crippen molar-refractivity contribution in [1.29, 1.82) is 0 Å². The number of rotatable bonds is 13. The lowest BCUT2D eigenvalue weighted by molar-refractivity contribution is -0.209. The average Bonchev–Trinajstić information content (AvgIpc) is 3.62. The summed E-state index contributed by atoms with van der Waals surface area (Å²) in [7, 11) is -2.14. The van der Waals surface area contributed by atoms with E-state index in [2.05, 4.69) is 20.8 Å². The summed E-state index contributed by atoms with van der Waals surface area (Å²) in [5.74, 6) is -1.17. The van der Waals surface area contributed by atoms with Crippen molar-refractivity contribution in [2.45, 2.75) is 95.5 Å². The second-order valence-corrected chi connectivity index (χ2v) is 15.0. The zero-order valence-electron chi connectivity index (χ0n) is 23.0. The summed E-state index contributed by atoms with van der Waals surface area (Å²) >= 11 is 0. The van der Waals surface area contributed by atoms with Gasteiger partial charge in [-0.05, 0) is 43.1 Å². The lowest BCUT2D eigenvalue weighted by Gasteiger charge is -2.43. The lowest BCUT2D eigenvalue weighted by Crippen LogP contribution is -2.65. The van der Waals surface area contributed by atoms with E-state index in [1.165, 1.54) is 0 Å². The number of fused-ring (bicyclic) bond motifs is 1. The molecule has 2 saturated heterocycles. The van der Waals surface area contributed by atoms with Crippen molar-refractivity contribution in [2.75, 3.05) is 13.2 Å². The van der Waals surface area contributed by atoms with Crippen LogP contribution in [0.15, 0.2) is 60.7 Å². The Labute approximate surface area is 222 Å². The number of carbonyl (C=O) groups excluding carboxylic acids is 1. The van der Waals surface area contributed by atoms with Gasteiger partial charge >= 0.3 is 0 Å². The Kier molecular flexibility index (Phi) is 8.73. The average molecular weight is 527 g/mol. The van der Waals surface area contributed by atoms with Crippen LogP contribution in [0, 0.1) is 0 Å². The summed E-state index contributed by atoms with van der Waals surface area (Å²) in [6.45, 7) is 11.4. The molecule has 2 fully saturated rings.